The first-order valence-electron chi connectivity index (χ1n) is 21.0. The lowest BCUT2D eigenvalue weighted by molar-refractivity contribution is 0.0697. The number of para-hydroxylation sites is 1. The van der Waals surface area contributed by atoms with Crippen LogP contribution in [0.3, 0.4) is 0 Å². The molecule has 0 saturated heterocycles. The number of nitrogens with two attached hydrogens (primary N) is 1. The lowest BCUT2D eigenvalue weighted by Crippen LogP contribution is -2.28. The van der Waals surface area contributed by atoms with Gasteiger partial charge in [-0.2, -0.15) is 0 Å². The molecule has 61 heavy (non-hydrogen) atoms. The molecule has 5 N–H and O–H groups in total. The van der Waals surface area contributed by atoms with Gasteiger partial charge >= 0.3 is 5.97 Å². The molecule has 310 valence electrons. The number of carboxylic acids is 1. The average molecular weight is 831 g/mol. The number of imidazole rings is 1. The number of hydrogen-bond acceptors (Lipinski definition) is 8. The highest BCUT2D eigenvalue weighted by Crippen LogP contribution is 2.42. The van der Waals surface area contributed by atoms with E-state index in [1.165, 1.54) is 0 Å². The molecule has 8 rings (SSSR count). The molecular formula is C49H50N8O3S. The van der Waals surface area contributed by atoms with E-state index in [1.54, 1.807) is 6.07 Å². The Morgan fingerprint density at radius 2 is 1.66 bits per heavy atom. The summed E-state index contributed by atoms with van der Waals surface area (Å²) >= 11 is 5.71. The molecule has 0 bridgehead atoms. The lowest BCUT2D eigenvalue weighted by Gasteiger charge is -2.23. The zero-order valence-corrected chi connectivity index (χ0v) is 35.8. The van der Waals surface area contributed by atoms with Gasteiger partial charge in [-0.3, -0.25) is 4.99 Å². The molecule has 0 fully saturated rings. The maximum absolute atomic E-state index is 13.0. The Morgan fingerprint density at radius 1 is 0.885 bits per heavy atom. The van der Waals surface area contributed by atoms with Crippen molar-refractivity contribution in [3.63, 3.8) is 0 Å². The molecule has 3 heterocycles. The number of hydrogen-bond donors (Lipinski definition) is 4. The molecule has 1 aliphatic heterocycles. The van der Waals surface area contributed by atoms with Gasteiger partial charge in [0.15, 0.2) is 10.9 Å². The molecule has 0 atom stereocenters. The largest absolute Gasteiger partial charge is 0.478 e. The number of thiocarbonyl (C=S) groups is 1. The number of carboxylic acid groups (broad SMARTS) is 1. The molecular weight excluding hydrogens is 781 g/mol. The summed E-state index contributed by atoms with van der Waals surface area (Å²) in [7, 11) is 0. The Bertz CT molecular complexity index is 2950. The summed E-state index contributed by atoms with van der Waals surface area (Å²) in [5.41, 5.74) is 15.8. The topological polar surface area (TPSA) is 147 Å². The van der Waals surface area contributed by atoms with E-state index >= 15 is 0 Å². The van der Waals surface area contributed by atoms with Crippen LogP contribution in [-0.4, -0.2) is 50.4 Å². The number of nitrogens with one attached hydrogen (secondary N) is 2. The fraction of sp³-hybridized carbons (Fsp3) is 0.245. The minimum atomic E-state index is -1.05. The number of benzene rings is 5. The van der Waals surface area contributed by atoms with E-state index in [0.29, 0.717) is 53.2 Å². The Morgan fingerprint density at radius 3 is 2.41 bits per heavy atom. The first-order chi connectivity index (χ1) is 29.7. The summed E-state index contributed by atoms with van der Waals surface area (Å²) in [5.74, 6) is 1.04. The average Bonchev–Trinajstić information content (AvgIpc) is 3.63. The van der Waals surface area contributed by atoms with Crippen molar-refractivity contribution in [3.8, 4) is 22.5 Å². The van der Waals surface area contributed by atoms with Gasteiger partial charge in [0, 0.05) is 84.6 Å². The summed E-state index contributed by atoms with van der Waals surface area (Å²) in [4.78, 5) is 29.4. The van der Waals surface area contributed by atoms with Crippen molar-refractivity contribution in [2.45, 2.75) is 60.0 Å². The van der Waals surface area contributed by atoms with Crippen molar-refractivity contribution in [2.75, 3.05) is 35.6 Å². The smallest absolute Gasteiger partial charge is 0.336 e. The van der Waals surface area contributed by atoms with E-state index in [2.05, 4.69) is 87.2 Å². The van der Waals surface area contributed by atoms with Crippen LogP contribution in [0.25, 0.3) is 55.4 Å². The summed E-state index contributed by atoms with van der Waals surface area (Å²) in [6, 6.07) is 33.8. The standard InChI is InChI=1S/C49H50N8O3S/c1-5-9-14-43-55-45-46(36-12-10-11-13-40(36)54-47(45)50)57(43)29-31-17-15-30(16-18-31)28-52-49(61)53-33-20-22-35(39(25-33)48(58)59)44-37-23-19-32(51-6-2)26-41(37)60-42-27-34(21-24-38(42)44)56(7-3)8-4/h10-13,15-27H,5-9,14,28-29H2,1-4H3,(H2,50,54)(H,58,59)(H2,52,53,61). The third-order valence-corrected chi connectivity index (χ3v) is 11.4. The zero-order chi connectivity index (χ0) is 42.6. The molecule has 0 amide bonds. The number of nitrogen functional groups attached to an aromatic ring is 1. The van der Waals surface area contributed by atoms with Crippen LogP contribution in [0.15, 0.2) is 113 Å². The van der Waals surface area contributed by atoms with E-state index < -0.39 is 5.97 Å². The molecule has 12 heteroatoms. The number of aryl methyl sites for hydroxylation is 1. The molecule has 0 unspecified atom stereocenters. The number of pyridine rings is 1. The summed E-state index contributed by atoms with van der Waals surface area (Å²) in [6.07, 6.45) is 2.95. The monoisotopic (exact) mass is 830 g/mol. The predicted molar refractivity (Wildman–Crippen MR) is 252 cm³/mol. The molecule has 0 spiro atoms. The van der Waals surface area contributed by atoms with E-state index in [0.717, 1.165) is 98.8 Å². The van der Waals surface area contributed by atoms with Gasteiger partial charge in [0.1, 0.15) is 22.7 Å². The van der Waals surface area contributed by atoms with Crippen LogP contribution in [0.1, 0.15) is 67.8 Å². The first kappa shape index (κ1) is 41.0. The fourth-order valence-corrected chi connectivity index (χ4v) is 8.33. The highest BCUT2D eigenvalue weighted by Gasteiger charge is 2.23. The van der Waals surface area contributed by atoms with Crippen molar-refractivity contribution < 1.29 is 14.3 Å². The Kier molecular flexibility index (Phi) is 12.0. The van der Waals surface area contributed by atoms with E-state index in [9.17, 15) is 9.90 Å². The summed E-state index contributed by atoms with van der Waals surface area (Å²) in [6.45, 7) is 11.9. The fourth-order valence-electron chi connectivity index (χ4n) is 8.14. The van der Waals surface area contributed by atoms with Crippen LogP contribution in [-0.2, 0) is 19.5 Å². The number of anilines is 3. The lowest BCUT2D eigenvalue weighted by atomic mass is 9.90. The maximum Gasteiger partial charge on any atom is 0.336 e. The van der Waals surface area contributed by atoms with Gasteiger partial charge < -0.3 is 35.4 Å². The van der Waals surface area contributed by atoms with Crippen molar-refractivity contribution in [2.24, 2.45) is 4.99 Å². The molecule has 1 aliphatic carbocycles. The van der Waals surface area contributed by atoms with Crippen molar-refractivity contribution in [3.05, 3.63) is 131 Å². The third kappa shape index (κ3) is 8.36. The Balaban J connectivity index is 1.02. The highest BCUT2D eigenvalue weighted by atomic mass is 32.1. The number of carbonyl (C=O) groups is 1. The van der Waals surface area contributed by atoms with Crippen LogP contribution < -0.4 is 26.6 Å². The number of unbranched alkanes of at least 4 members (excludes halogenated alkanes) is 1. The van der Waals surface area contributed by atoms with Crippen molar-refractivity contribution in [1.29, 1.82) is 0 Å². The molecule has 2 aliphatic rings. The highest BCUT2D eigenvalue weighted by molar-refractivity contribution is 7.80. The van der Waals surface area contributed by atoms with Gasteiger partial charge in [0.2, 0.25) is 0 Å². The van der Waals surface area contributed by atoms with Crippen LogP contribution >= 0.6 is 12.2 Å². The van der Waals surface area contributed by atoms with Gasteiger partial charge in [-0.1, -0.05) is 61.9 Å². The number of aromatic carboxylic acids is 1. The minimum absolute atomic E-state index is 0.141. The SMILES string of the molecule is CCCCc1nc2c(N)nc3ccccc3c2n1Cc1ccc(CNC(=S)Nc2ccc(-c3c4ccc(=NCC)cc-4oc4cc(N(CC)CC)ccc34)c(C(=O)O)c2)cc1. The second-order valence-corrected chi connectivity index (χ2v) is 15.5. The first-order valence-corrected chi connectivity index (χ1v) is 21.4. The van der Waals surface area contributed by atoms with Crippen LogP contribution in [0.5, 0.6) is 0 Å². The van der Waals surface area contributed by atoms with Gasteiger partial charge in [0.05, 0.1) is 22.0 Å². The van der Waals surface area contributed by atoms with Crippen LogP contribution in [0.4, 0.5) is 17.2 Å². The summed E-state index contributed by atoms with van der Waals surface area (Å²) in [5, 5.41) is 20.1. The normalized spacial score (nSPS) is 11.8. The van der Waals surface area contributed by atoms with Crippen LogP contribution in [0, 0.1) is 0 Å². The molecule has 2 aromatic heterocycles. The minimum Gasteiger partial charge on any atom is -0.478 e. The van der Waals surface area contributed by atoms with Gasteiger partial charge in [-0.25, -0.2) is 14.8 Å². The second kappa shape index (κ2) is 17.8. The molecule has 6 aromatic rings. The van der Waals surface area contributed by atoms with Gasteiger partial charge in [0.25, 0.3) is 0 Å². The Labute approximate surface area is 360 Å². The number of aromatic nitrogens is 3. The maximum atomic E-state index is 13.0. The van der Waals surface area contributed by atoms with E-state index in [4.69, 9.17) is 27.4 Å². The Hall–Kier alpha value is -6.79. The number of fused-ring (bicyclic) bond motifs is 5. The van der Waals surface area contributed by atoms with Gasteiger partial charge in [-0.15, -0.1) is 0 Å². The van der Waals surface area contributed by atoms with Gasteiger partial charge in [-0.05, 0) is 98.6 Å². The quantitative estimate of drug-likeness (QED) is 0.0617. The molecule has 4 aromatic carbocycles. The molecule has 11 nitrogen and oxygen atoms in total. The van der Waals surface area contributed by atoms with Crippen molar-refractivity contribution in [1.82, 2.24) is 19.9 Å². The van der Waals surface area contributed by atoms with E-state index in [-0.39, 0.29) is 5.56 Å². The van der Waals surface area contributed by atoms with Crippen molar-refractivity contribution >= 4 is 73.4 Å². The van der Waals surface area contributed by atoms with E-state index in [1.807, 2.05) is 67.6 Å². The van der Waals surface area contributed by atoms with Crippen LogP contribution in [0.2, 0.25) is 0 Å². The molecule has 0 saturated carbocycles. The second-order valence-electron chi connectivity index (χ2n) is 15.1. The predicted octanol–water partition coefficient (Wildman–Crippen LogP) is 10.0. The zero-order valence-electron chi connectivity index (χ0n) is 35.0. The summed E-state index contributed by atoms with van der Waals surface area (Å²) < 4.78 is 8.80. The molecule has 0 radical (unpaired) electrons. The number of rotatable bonds is 14. The number of nitrogens with zero attached hydrogens (tertiary/aromatic N) is 5. The third-order valence-electron chi connectivity index (χ3n) is 11.2.